The van der Waals surface area contributed by atoms with Crippen LogP contribution in [0.1, 0.15) is 0 Å². The van der Waals surface area contributed by atoms with E-state index in [0.29, 0.717) is 0 Å². The largest absolute Gasteiger partial charge is 0.326 e. The molecular formula is H3O3PTi. The Kier molecular flexibility index (Phi) is 9.04. The molecule has 0 bridgehead atoms. The first-order valence-electron chi connectivity index (χ1n) is 0.651. The summed E-state index contributed by atoms with van der Waals surface area (Å²) >= 11 is 0. The van der Waals surface area contributed by atoms with Crippen LogP contribution in [0.25, 0.3) is 0 Å². The summed E-state index contributed by atoms with van der Waals surface area (Å²) in [4.78, 5) is 14.3. The second kappa shape index (κ2) is 4.86. The van der Waals surface area contributed by atoms with E-state index in [9.17, 15) is 0 Å². The molecule has 30 valence electrons. The predicted octanol–water partition coefficient (Wildman–Crippen LogP) is -0.642. The Morgan fingerprint density at radius 3 is 1.40 bits per heavy atom. The van der Waals surface area contributed by atoms with Crippen LogP contribution in [-0.2, 0) is 26.3 Å². The summed E-state index contributed by atoms with van der Waals surface area (Å²) in [6.07, 6.45) is 0. The molecule has 0 aliphatic heterocycles. The van der Waals surface area contributed by atoms with E-state index >= 15 is 0 Å². The standard InChI is InChI=1S/H3O3P.Ti/c1-4(2)3;/h4H,(H2,1,2,3);. The molecule has 0 aromatic rings. The van der Waals surface area contributed by atoms with Gasteiger partial charge in [-0.05, 0) is 0 Å². The van der Waals surface area contributed by atoms with Crippen LogP contribution in [0, 0.1) is 0 Å². The Morgan fingerprint density at radius 2 is 1.40 bits per heavy atom. The SMILES string of the molecule is O=[PH](O)O.[Ti]. The molecule has 5 heteroatoms. The maximum absolute atomic E-state index is 8.74. The summed E-state index contributed by atoms with van der Waals surface area (Å²) in [7, 11) is -3.13. The van der Waals surface area contributed by atoms with Crippen LogP contribution in [0.2, 0.25) is 0 Å². The van der Waals surface area contributed by atoms with Crippen molar-refractivity contribution in [3.05, 3.63) is 0 Å². The second-order valence-electron chi connectivity index (χ2n) is 0.283. The van der Waals surface area contributed by atoms with Gasteiger partial charge in [0.05, 0.1) is 0 Å². The molecule has 0 aromatic heterocycles. The van der Waals surface area contributed by atoms with Crippen LogP contribution in [-0.4, -0.2) is 9.79 Å². The van der Waals surface area contributed by atoms with Gasteiger partial charge in [-0.15, -0.1) is 0 Å². The molecule has 0 rings (SSSR count). The number of rotatable bonds is 0. The molecule has 0 amide bonds. The molecule has 0 radical (unpaired) electrons. The first-order valence-corrected chi connectivity index (χ1v) is 1.95. The van der Waals surface area contributed by atoms with Crippen molar-refractivity contribution < 1.29 is 36.1 Å². The van der Waals surface area contributed by atoms with Gasteiger partial charge in [0, 0.05) is 21.7 Å². The summed E-state index contributed by atoms with van der Waals surface area (Å²) in [5, 5.41) is 0. The van der Waals surface area contributed by atoms with Crippen molar-refractivity contribution >= 4 is 8.25 Å². The van der Waals surface area contributed by atoms with Crippen molar-refractivity contribution in [3.8, 4) is 0 Å². The summed E-state index contributed by atoms with van der Waals surface area (Å²) in [5.74, 6) is 0. The van der Waals surface area contributed by atoms with E-state index in [1.54, 1.807) is 0 Å². The zero-order valence-corrected chi connectivity index (χ0v) is 4.86. The summed E-state index contributed by atoms with van der Waals surface area (Å²) in [6.45, 7) is 0. The van der Waals surface area contributed by atoms with Crippen LogP contribution in [0.4, 0.5) is 0 Å². The molecule has 5 heavy (non-hydrogen) atoms. The minimum absolute atomic E-state index is 0. The Labute approximate surface area is 44.8 Å². The van der Waals surface area contributed by atoms with E-state index in [1.807, 2.05) is 0 Å². The van der Waals surface area contributed by atoms with Crippen molar-refractivity contribution in [2.24, 2.45) is 0 Å². The van der Waals surface area contributed by atoms with Gasteiger partial charge in [-0.2, -0.15) is 0 Å². The maximum atomic E-state index is 8.74. The van der Waals surface area contributed by atoms with Crippen LogP contribution in [0.5, 0.6) is 0 Å². The van der Waals surface area contributed by atoms with Gasteiger partial charge in [0.25, 0.3) is 0 Å². The van der Waals surface area contributed by atoms with Crippen LogP contribution in [0.15, 0.2) is 0 Å². The van der Waals surface area contributed by atoms with Crippen molar-refractivity contribution in [1.29, 1.82) is 0 Å². The van der Waals surface area contributed by atoms with E-state index in [0.717, 1.165) is 0 Å². The third-order valence-corrected chi connectivity index (χ3v) is 0. The summed E-state index contributed by atoms with van der Waals surface area (Å²) < 4.78 is 8.74. The topological polar surface area (TPSA) is 57.5 Å². The fourth-order valence-corrected chi connectivity index (χ4v) is 0. The predicted molar refractivity (Wildman–Crippen MR) is 13.4 cm³/mol. The van der Waals surface area contributed by atoms with E-state index in [4.69, 9.17) is 14.4 Å². The van der Waals surface area contributed by atoms with Crippen molar-refractivity contribution in [2.45, 2.75) is 0 Å². The first-order chi connectivity index (χ1) is 1.73. The minimum Gasteiger partial charge on any atom is -0.326 e. The molecule has 0 fully saturated rings. The second-order valence-corrected chi connectivity index (χ2v) is 0.848. The van der Waals surface area contributed by atoms with Gasteiger partial charge in [-0.1, -0.05) is 0 Å². The molecule has 3 nitrogen and oxygen atoms in total. The average Bonchev–Trinajstić information content (AvgIpc) is 0.811. The van der Waals surface area contributed by atoms with E-state index in [1.165, 1.54) is 0 Å². The molecule has 0 aromatic carbocycles. The summed E-state index contributed by atoms with van der Waals surface area (Å²) in [5.41, 5.74) is 0. The van der Waals surface area contributed by atoms with Gasteiger partial charge in [0.15, 0.2) is 0 Å². The van der Waals surface area contributed by atoms with E-state index in [-0.39, 0.29) is 21.7 Å². The molecule has 2 N–H and O–H groups in total. The smallest absolute Gasteiger partial charge is 0.314 e. The van der Waals surface area contributed by atoms with Gasteiger partial charge in [0.1, 0.15) is 0 Å². The third-order valence-electron chi connectivity index (χ3n) is 0. The van der Waals surface area contributed by atoms with Crippen molar-refractivity contribution in [1.82, 2.24) is 0 Å². The third kappa shape index (κ3) is 53.4. The zero-order chi connectivity index (χ0) is 3.58. The Morgan fingerprint density at radius 1 is 1.40 bits per heavy atom. The molecule has 0 aliphatic carbocycles. The molecule has 0 spiro atoms. The van der Waals surface area contributed by atoms with E-state index in [2.05, 4.69) is 0 Å². The normalized spacial score (nSPS) is 7.00. The Bertz CT molecular complexity index is 29.9. The molecular weight excluding hydrogens is 127 g/mol. The maximum Gasteiger partial charge on any atom is 0.314 e. The molecule has 0 saturated carbocycles. The monoisotopic (exact) mass is 130 g/mol. The van der Waals surface area contributed by atoms with E-state index < -0.39 is 8.25 Å². The van der Waals surface area contributed by atoms with Gasteiger partial charge < -0.3 is 9.79 Å². The molecule has 0 aliphatic rings. The van der Waals surface area contributed by atoms with Gasteiger partial charge in [0.2, 0.25) is 0 Å². The van der Waals surface area contributed by atoms with Crippen LogP contribution in [0.3, 0.4) is 0 Å². The number of hydrogen-bond donors (Lipinski definition) is 2. The van der Waals surface area contributed by atoms with Crippen molar-refractivity contribution in [2.75, 3.05) is 0 Å². The Balaban J connectivity index is 0. The fraction of sp³-hybridized carbons (Fsp3) is 0. The van der Waals surface area contributed by atoms with Crippen LogP contribution >= 0.6 is 8.25 Å². The van der Waals surface area contributed by atoms with Gasteiger partial charge >= 0.3 is 8.25 Å². The summed E-state index contributed by atoms with van der Waals surface area (Å²) in [6, 6.07) is 0. The fourth-order valence-electron chi connectivity index (χ4n) is 0. The molecule has 0 atom stereocenters. The van der Waals surface area contributed by atoms with Gasteiger partial charge in [-0.3, -0.25) is 4.57 Å². The Hall–Kier alpha value is 0.864. The quantitative estimate of drug-likeness (QED) is 0.338. The van der Waals surface area contributed by atoms with Crippen LogP contribution < -0.4 is 0 Å². The number of hydrogen-bond acceptors (Lipinski definition) is 1. The van der Waals surface area contributed by atoms with Gasteiger partial charge in [-0.25, -0.2) is 0 Å². The zero-order valence-electron chi connectivity index (χ0n) is 2.30. The molecule has 0 saturated heterocycles. The minimum atomic E-state index is -3.13. The molecule has 0 heterocycles. The molecule has 0 unspecified atom stereocenters. The van der Waals surface area contributed by atoms with Crippen molar-refractivity contribution in [3.63, 3.8) is 0 Å². The average molecular weight is 130 g/mol. The first kappa shape index (κ1) is 9.29.